The largest absolute Gasteiger partial charge is 0.237 e. The fourth-order valence-electron chi connectivity index (χ4n) is 2.19. The van der Waals surface area contributed by atoms with Gasteiger partial charge in [-0.2, -0.15) is 0 Å². The number of sulfone groups is 1. The Balaban J connectivity index is 2.26. The summed E-state index contributed by atoms with van der Waals surface area (Å²) < 4.78 is 22.9. The van der Waals surface area contributed by atoms with Crippen molar-refractivity contribution in [2.45, 2.75) is 32.6 Å². The topological polar surface area (TPSA) is 59.9 Å². The van der Waals surface area contributed by atoms with Crippen molar-refractivity contribution in [3.05, 3.63) is 22.7 Å². The number of halogens is 1. The number of nitrogens with zero attached hydrogens (tertiary/aromatic N) is 2. The van der Waals surface area contributed by atoms with Crippen LogP contribution in [0.1, 0.15) is 37.7 Å². The third kappa shape index (κ3) is 3.42. The molecule has 1 atom stereocenters. The highest BCUT2D eigenvalue weighted by Crippen LogP contribution is 2.27. The molecule has 4 nitrogen and oxygen atoms in total. The summed E-state index contributed by atoms with van der Waals surface area (Å²) in [6, 6.07) is 1.76. The molecule has 1 aromatic rings. The molecule has 1 aromatic heterocycles. The second kappa shape index (κ2) is 5.13. The summed E-state index contributed by atoms with van der Waals surface area (Å²) in [5.41, 5.74) is 0.893. The normalized spacial score (nSPS) is 22.6. The van der Waals surface area contributed by atoms with E-state index in [0.29, 0.717) is 23.3 Å². The SMILES string of the molecule is CC(C)Cc1cc(Cl)nc(C2CCS(=O)(=O)C2)n1. The lowest BCUT2D eigenvalue weighted by molar-refractivity contribution is 0.600. The van der Waals surface area contributed by atoms with E-state index < -0.39 is 9.84 Å². The lowest BCUT2D eigenvalue weighted by Crippen LogP contribution is -2.10. The summed E-state index contributed by atoms with van der Waals surface area (Å²) in [5.74, 6) is 1.34. The molecule has 2 rings (SSSR count). The monoisotopic (exact) mass is 288 g/mol. The maximum absolute atomic E-state index is 11.5. The Morgan fingerprint density at radius 1 is 1.44 bits per heavy atom. The van der Waals surface area contributed by atoms with Crippen LogP contribution in [0.25, 0.3) is 0 Å². The van der Waals surface area contributed by atoms with Crippen molar-refractivity contribution in [3.8, 4) is 0 Å². The van der Waals surface area contributed by atoms with Gasteiger partial charge in [-0.25, -0.2) is 18.4 Å². The van der Waals surface area contributed by atoms with Crippen LogP contribution in [0.15, 0.2) is 6.07 Å². The molecule has 0 radical (unpaired) electrons. The smallest absolute Gasteiger partial charge is 0.151 e. The average molecular weight is 289 g/mol. The Morgan fingerprint density at radius 2 is 2.17 bits per heavy atom. The third-order valence-corrected chi connectivity index (χ3v) is 4.94. The Bertz CT molecular complexity index is 543. The summed E-state index contributed by atoms with van der Waals surface area (Å²) in [6.45, 7) is 4.21. The standard InChI is InChI=1S/C12H17ClN2O2S/c1-8(2)5-10-6-11(13)15-12(14-10)9-3-4-18(16,17)7-9/h6,8-9H,3-5,7H2,1-2H3. The van der Waals surface area contributed by atoms with E-state index in [4.69, 9.17) is 11.6 Å². The van der Waals surface area contributed by atoms with Gasteiger partial charge in [0, 0.05) is 11.6 Å². The van der Waals surface area contributed by atoms with Gasteiger partial charge in [-0.15, -0.1) is 0 Å². The molecule has 0 spiro atoms. The quantitative estimate of drug-likeness (QED) is 0.800. The molecule has 0 aliphatic carbocycles. The zero-order valence-electron chi connectivity index (χ0n) is 10.6. The Labute approximate surface area is 113 Å². The van der Waals surface area contributed by atoms with Crippen LogP contribution >= 0.6 is 11.6 Å². The molecule has 1 aliphatic heterocycles. The first-order valence-electron chi connectivity index (χ1n) is 6.09. The van der Waals surface area contributed by atoms with E-state index in [0.717, 1.165) is 12.1 Å². The van der Waals surface area contributed by atoms with Gasteiger partial charge in [0.1, 0.15) is 11.0 Å². The number of aromatic nitrogens is 2. The van der Waals surface area contributed by atoms with Crippen LogP contribution in [0.4, 0.5) is 0 Å². The van der Waals surface area contributed by atoms with E-state index in [1.165, 1.54) is 0 Å². The predicted molar refractivity (Wildman–Crippen MR) is 71.6 cm³/mol. The van der Waals surface area contributed by atoms with Crippen LogP contribution in [0.2, 0.25) is 5.15 Å². The predicted octanol–water partition coefficient (Wildman–Crippen LogP) is 2.23. The van der Waals surface area contributed by atoms with Gasteiger partial charge in [-0.1, -0.05) is 25.4 Å². The molecule has 0 amide bonds. The lowest BCUT2D eigenvalue weighted by atomic mass is 10.1. The minimum Gasteiger partial charge on any atom is -0.237 e. The summed E-state index contributed by atoms with van der Waals surface area (Å²) in [4.78, 5) is 8.64. The summed E-state index contributed by atoms with van der Waals surface area (Å²) in [6.07, 6.45) is 1.43. The van der Waals surface area contributed by atoms with Crippen LogP contribution in [0, 0.1) is 5.92 Å². The highest BCUT2D eigenvalue weighted by molar-refractivity contribution is 7.91. The minimum absolute atomic E-state index is 0.0976. The molecule has 6 heteroatoms. The number of hydrogen-bond acceptors (Lipinski definition) is 4. The van der Waals surface area contributed by atoms with E-state index in [-0.39, 0.29) is 17.4 Å². The first-order valence-corrected chi connectivity index (χ1v) is 8.29. The molecule has 0 N–H and O–H groups in total. The molecule has 1 unspecified atom stereocenters. The Morgan fingerprint density at radius 3 is 2.72 bits per heavy atom. The maximum atomic E-state index is 11.5. The fraction of sp³-hybridized carbons (Fsp3) is 0.667. The van der Waals surface area contributed by atoms with Crippen molar-refractivity contribution in [3.63, 3.8) is 0 Å². The molecule has 1 aliphatic rings. The molecule has 0 saturated carbocycles. The van der Waals surface area contributed by atoms with E-state index >= 15 is 0 Å². The van der Waals surface area contributed by atoms with Gasteiger partial charge in [0.25, 0.3) is 0 Å². The maximum Gasteiger partial charge on any atom is 0.151 e. The molecule has 18 heavy (non-hydrogen) atoms. The minimum atomic E-state index is -2.92. The van der Waals surface area contributed by atoms with Gasteiger partial charge in [0.05, 0.1) is 11.5 Å². The average Bonchev–Trinajstić information content (AvgIpc) is 2.57. The van der Waals surface area contributed by atoms with E-state index in [2.05, 4.69) is 23.8 Å². The van der Waals surface area contributed by atoms with E-state index in [1.54, 1.807) is 6.07 Å². The Hall–Kier alpha value is -0.680. The van der Waals surface area contributed by atoms with E-state index in [1.807, 2.05) is 0 Å². The second-order valence-electron chi connectivity index (χ2n) is 5.24. The van der Waals surface area contributed by atoms with Crippen LogP contribution in [-0.4, -0.2) is 29.9 Å². The van der Waals surface area contributed by atoms with Crippen molar-refractivity contribution in [1.82, 2.24) is 9.97 Å². The van der Waals surface area contributed by atoms with E-state index in [9.17, 15) is 8.42 Å². The zero-order valence-corrected chi connectivity index (χ0v) is 12.1. The number of hydrogen-bond donors (Lipinski definition) is 0. The van der Waals surface area contributed by atoms with Crippen LogP contribution in [0.5, 0.6) is 0 Å². The highest BCUT2D eigenvalue weighted by Gasteiger charge is 2.31. The van der Waals surface area contributed by atoms with Gasteiger partial charge >= 0.3 is 0 Å². The van der Waals surface area contributed by atoms with Crippen molar-refractivity contribution in [2.24, 2.45) is 5.92 Å². The van der Waals surface area contributed by atoms with Gasteiger partial charge < -0.3 is 0 Å². The molecule has 1 saturated heterocycles. The molecule has 100 valence electrons. The van der Waals surface area contributed by atoms with Crippen LogP contribution in [-0.2, 0) is 16.3 Å². The van der Waals surface area contributed by atoms with Crippen LogP contribution in [0.3, 0.4) is 0 Å². The Kier molecular flexibility index (Phi) is 3.92. The summed E-state index contributed by atoms with van der Waals surface area (Å²) >= 11 is 5.98. The van der Waals surface area contributed by atoms with Crippen LogP contribution < -0.4 is 0 Å². The first kappa shape index (κ1) is 13.7. The zero-order chi connectivity index (χ0) is 13.3. The number of rotatable bonds is 3. The van der Waals surface area contributed by atoms with Crippen molar-refractivity contribution in [2.75, 3.05) is 11.5 Å². The van der Waals surface area contributed by atoms with Gasteiger partial charge in [-0.3, -0.25) is 0 Å². The summed E-state index contributed by atoms with van der Waals surface area (Å²) in [7, 11) is -2.92. The van der Waals surface area contributed by atoms with Crippen molar-refractivity contribution >= 4 is 21.4 Å². The van der Waals surface area contributed by atoms with Gasteiger partial charge in [-0.05, 0) is 24.8 Å². The van der Waals surface area contributed by atoms with Gasteiger partial charge in [0.2, 0.25) is 0 Å². The van der Waals surface area contributed by atoms with Crippen molar-refractivity contribution in [1.29, 1.82) is 0 Å². The third-order valence-electron chi connectivity index (χ3n) is 2.98. The molecule has 2 heterocycles. The van der Waals surface area contributed by atoms with Gasteiger partial charge in [0.15, 0.2) is 9.84 Å². The lowest BCUT2D eigenvalue weighted by Gasteiger charge is -2.10. The molecular formula is C12H17ClN2O2S. The second-order valence-corrected chi connectivity index (χ2v) is 7.85. The highest BCUT2D eigenvalue weighted by atomic mass is 35.5. The van der Waals surface area contributed by atoms with Crippen molar-refractivity contribution < 1.29 is 8.42 Å². The summed E-state index contributed by atoms with van der Waals surface area (Å²) in [5, 5.41) is 0.403. The fourth-order valence-corrected chi connectivity index (χ4v) is 4.14. The molecule has 1 fully saturated rings. The molecular weight excluding hydrogens is 272 g/mol. The molecule has 0 bridgehead atoms. The molecule has 0 aromatic carbocycles. The first-order chi connectivity index (χ1) is 8.35.